The minimum absolute atomic E-state index is 0.0627. The predicted octanol–water partition coefficient (Wildman–Crippen LogP) is 6.51. The first-order valence-electron chi connectivity index (χ1n) is 14.1. The second-order valence-electron chi connectivity index (χ2n) is 10.3. The molecule has 0 bridgehead atoms. The van der Waals surface area contributed by atoms with Gasteiger partial charge in [-0.3, -0.25) is 13.9 Å². The lowest BCUT2D eigenvalue weighted by atomic mass is 10.0. The minimum atomic E-state index is -3.63. The van der Waals surface area contributed by atoms with Crippen molar-refractivity contribution in [2.45, 2.75) is 58.5 Å². The number of carbonyl (C=O) groups excluding carboxylic acids is 2. The van der Waals surface area contributed by atoms with Gasteiger partial charge in [-0.05, 0) is 60.7 Å². The van der Waals surface area contributed by atoms with Crippen molar-refractivity contribution in [3.8, 4) is 0 Å². The number of amides is 2. The van der Waals surface area contributed by atoms with E-state index in [1.165, 1.54) is 4.31 Å². The van der Waals surface area contributed by atoms with Crippen LogP contribution in [0.25, 0.3) is 0 Å². The third kappa shape index (κ3) is 9.85. The van der Waals surface area contributed by atoms with E-state index in [-0.39, 0.29) is 37.7 Å². The highest BCUT2D eigenvalue weighted by Crippen LogP contribution is 2.28. The zero-order valence-electron chi connectivity index (χ0n) is 24.4. The van der Waals surface area contributed by atoms with Crippen molar-refractivity contribution in [2.24, 2.45) is 0 Å². The van der Waals surface area contributed by atoms with Crippen molar-refractivity contribution in [1.82, 2.24) is 10.2 Å². The Labute approximate surface area is 263 Å². The number of unbranched alkanes of at least 4 members (excludes halogenated alkanes) is 1. The summed E-state index contributed by atoms with van der Waals surface area (Å²) >= 11 is 9.78. The first-order chi connectivity index (χ1) is 20.0. The van der Waals surface area contributed by atoms with E-state index in [1.54, 1.807) is 30.0 Å². The number of benzene rings is 3. The van der Waals surface area contributed by atoms with Crippen molar-refractivity contribution < 1.29 is 18.0 Å². The molecule has 0 heterocycles. The van der Waals surface area contributed by atoms with Gasteiger partial charge in [0.15, 0.2) is 0 Å². The van der Waals surface area contributed by atoms with Gasteiger partial charge in [-0.2, -0.15) is 0 Å². The first kappa shape index (κ1) is 33.6. The molecule has 0 aliphatic carbocycles. The molecular formula is C32H39BrClN3O4S. The van der Waals surface area contributed by atoms with E-state index in [4.69, 9.17) is 11.6 Å². The van der Waals surface area contributed by atoms with Crippen molar-refractivity contribution >= 4 is 55.1 Å². The fourth-order valence-electron chi connectivity index (χ4n) is 4.74. The lowest BCUT2D eigenvalue weighted by Crippen LogP contribution is -2.50. The van der Waals surface area contributed by atoms with Crippen LogP contribution in [0.3, 0.4) is 0 Å². The van der Waals surface area contributed by atoms with Gasteiger partial charge in [0.2, 0.25) is 21.8 Å². The third-order valence-electron chi connectivity index (χ3n) is 7.00. The van der Waals surface area contributed by atoms with E-state index in [1.807, 2.05) is 54.6 Å². The summed E-state index contributed by atoms with van der Waals surface area (Å²) in [5.74, 6) is -0.430. The summed E-state index contributed by atoms with van der Waals surface area (Å²) in [6.45, 7) is 4.69. The number of carbonyl (C=O) groups is 2. The van der Waals surface area contributed by atoms with Crippen LogP contribution in [-0.2, 0) is 32.6 Å². The van der Waals surface area contributed by atoms with Gasteiger partial charge in [0.25, 0.3) is 0 Å². The van der Waals surface area contributed by atoms with Gasteiger partial charge in [-0.15, -0.1) is 0 Å². The van der Waals surface area contributed by atoms with Crippen molar-refractivity contribution in [1.29, 1.82) is 0 Å². The first-order valence-corrected chi connectivity index (χ1v) is 17.1. The molecule has 42 heavy (non-hydrogen) atoms. The lowest BCUT2D eigenvalue weighted by Gasteiger charge is -2.32. The molecule has 1 atom stereocenters. The molecule has 3 aromatic carbocycles. The second-order valence-corrected chi connectivity index (χ2v) is 13.6. The summed E-state index contributed by atoms with van der Waals surface area (Å²) in [6, 6.07) is 21.7. The molecule has 0 aliphatic rings. The molecular weight excluding hydrogens is 638 g/mol. The fourth-order valence-corrected chi connectivity index (χ4v) is 6.37. The molecule has 0 aliphatic heterocycles. The van der Waals surface area contributed by atoms with E-state index >= 15 is 0 Å². The quantitative estimate of drug-likeness (QED) is 0.186. The smallest absolute Gasteiger partial charge is 0.243 e. The number of rotatable bonds is 15. The van der Waals surface area contributed by atoms with Gasteiger partial charge in [0.1, 0.15) is 6.04 Å². The summed E-state index contributed by atoms with van der Waals surface area (Å²) in [4.78, 5) is 29.1. The summed E-state index contributed by atoms with van der Waals surface area (Å²) in [6.07, 6.45) is 3.61. The van der Waals surface area contributed by atoms with Crippen LogP contribution in [0.15, 0.2) is 77.3 Å². The average molecular weight is 677 g/mol. The number of halogens is 2. The van der Waals surface area contributed by atoms with Crippen molar-refractivity contribution in [2.75, 3.05) is 23.7 Å². The Bertz CT molecular complexity index is 1450. The number of sulfonamides is 1. The van der Waals surface area contributed by atoms with Gasteiger partial charge < -0.3 is 10.2 Å². The molecule has 0 spiro atoms. The number of hydrogen-bond acceptors (Lipinski definition) is 4. The zero-order chi connectivity index (χ0) is 30.7. The molecule has 2 amide bonds. The number of nitrogens with zero attached hydrogens (tertiary/aromatic N) is 2. The van der Waals surface area contributed by atoms with Gasteiger partial charge in [0.05, 0.1) is 11.9 Å². The number of hydrogen-bond donors (Lipinski definition) is 1. The topological polar surface area (TPSA) is 86.8 Å². The Morgan fingerprint density at radius 2 is 1.67 bits per heavy atom. The molecule has 0 fully saturated rings. The molecule has 1 N–H and O–H groups in total. The monoisotopic (exact) mass is 675 g/mol. The highest BCUT2D eigenvalue weighted by molar-refractivity contribution is 9.10. The van der Waals surface area contributed by atoms with Gasteiger partial charge in [0, 0.05) is 42.0 Å². The van der Waals surface area contributed by atoms with Crippen LogP contribution in [0.5, 0.6) is 0 Å². The van der Waals surface area contributed by atoms with Crippen LogP contribution in [0.4, 0.5) is 5.69 Å². The van der Waals surface area contributed by atoms with E-state index < -0.39 is 16.1 Å². The van der Waals surface area contributed by atoms with Crippen LogP contribution in [0, 0.1) is 6.92 Å². The predicted molar refractivity (Wildman–Crippen MR) is 174 cm³/mol. The van der Waals surface area contributed by atoms with Gasteiger partial charge >= 0.3 is 0 Å². The van der Waals surface area contributed by atoms with Crippen LogP contribution < -0.4 is 9.62 Å². The molecule has 3 aromatic rings. The Hall–Kier alpha value is -2.88. The zero-order valence-corrected chi connectivity index (χ0v) is 27.5. The van der Waals surface area contributed by atoms with Crippen LogP contribution in [0.1, 0.15) is 49.3 Å². The normalized spacial score (nSPS) is 12.0. The highest BCUT2D eigenvalue weighted by Gasteiger charge is 2.30. The van der Waals surface area contributed by atoms with Crippen molar-refractivity contribution in [3.63, 3.8) is 0 Å². The maximum Gasteiger partial charge on any atom is 0.243 e. The largest absolute Gasteiger partial charge is 0.354 e. The number of anilines is 1. The standard InChI is InChI=1S/C32H39BrClN3O4S/c1-4-5-19-35-32(39)30(22-25-12-7-6-8-13-25)36(23-26-14-9-15-27(33)21-26)31(38)18-11-20-37(42(3,40)41)29-17-10-16-28(34)24(29)2/h6-10,12-17,21,30H,4-5,11,18-20,22-23H2,1-3H3,(H,35,39). The summed E-state index contributed by atoms with van der Waals surface area (Å²) < 4.78 is 27.6. The summed E-state index contributed by atoms with van der Waals surface area (Å²) in [7, 11) is -3.63. The highest BCUT2D eigenvalue weighted by atomic mass is 79.9. The number of nitrogens with one attached hydrogen (secondary N) is 1. The Morgan fingerprint density at radius 3 is 2.33 bits per heavy atom. The van der Waals surface area contributed by atoms with E-state index in [0.29, 0.717) is 29.2 Å². The molecule has 0 saturated heterocycles. The van der Waals surface area contributed by atoms with Gasteiger partial charge in [-0.1, -0.05) is 89.4 Å². The maximum atomic E-state index is 13.9. The van der Waals surface area contributed by atoms with Crippen LogP contribution in [0.2, 0.25) is 5.02 Å². The molecule has 0 aromatic heterocycles. The minimum Gasteiger partial charge on any atom is -0.354 e. The van der Waals surface area contributed by atoms with E-state index in [2.05, 4.69) is 28.2 Å². The molecule has 3 rings (SSSR count). The lowest BCUT2D eigenvalue weighted by molar-refractivity contribution is -0.141. The van der Waals surface area contributed by atoms with Crippen LogP contribution >= 0.6 is 27.5 Å². The molecule has 1 unspecified atom stereocenters. The van der Waals surface area contributed by atoms with Crippen molar-refractivity contribution in [3.05, 3.63) is 99.0 Å². The average Bonchev–Trinajstić information content (AvgIpc) is 2.94. The second kappa shape index (κ2) is 16.1. The molecule has 7 nitrogen and oxygen atoms in total. The fraction of sp³-hybridized carbons (Fsp3) is 0.375. The molecule has 226 valence electrons. The van der Waals surface area contributed by atoms with Crippen LogP contribution in [-0.4, -0.2) is 50.5 Å². The third-order valence-corrected chi connectivity index (χ3v) is 9.09. The Balaban J connectivity index is 1.89. The molecule has 0 saturated carbocycles. The Kier molecular flexibility index (Phi) is 12.9. The SMILES string of the molecule is CCCCNC(=O)C(Cc1ccccc1)N(Cc1cccc(Br)c1)C(=O)CCCN(c1cccc(Cl)c1C)S(C)(=O)=O. The Morgan fingerprint density at radius 1 is 0.976 bits per heavy atom. The van der Waals surface area contributed by atoms with Gasteiger partial charge in [-0.25, -0.2) is 8.42 Å². The summed E-state index contributed by atoms with van der Waals surface area (Å²) in [5, 5.41) is 3.49. The molecule has 0 radical (unpaired) electrons. The van der Waals surface area contributed by atoms with E-state index in [9.17, 15) is 18.0 Å². The molecule has 10 heteroatoms. The maximum absolute atomic E-state index is 13.9. The summed E-state index contributed by atoms with van der Waals surface area (Å²) in [5.41, 5.74) is 2.96. The van der Waals surface area contributed by atoms with E-state index in [0.717, 1.165) is 34.7 Å².